The van der Waals surface area contributed by atoms with Crippen molar-refractivity contribution < 1.29 is 8.78 Å². The lowest BCUT2D eigenvalue weighted by Crippen LogP contribution is -2.26. The van der Waals surface area contributed by atoms with Crippen LogP contribution in [0.5, 0.6) is 0 Å². The van der Waals surface area contributed by atoms with Crippen molar-refractivity contribution in [3.8, 4) is 0 Å². The fourth-order valence-corrected chi connectivity index (χ4v) is 2.29. The fraction of sp³-hybridized carbons (Fsp3) is 0.667. The third-order valence-corrected chi connectivity index (χ3v) is 3.93. The first-order valence-corrected chi connectivity index (χ1v) is 7.86. The van der Waals surface area contributed by atoms with Gasteiger partial charge in [-0.1, -0.05) is 27.7 Å². The first kappa shape index (κ1) is 18.1. The van der Waals surface area contributed by atoms with Gasteiger partial charge >= 0.3 is 0 Å². The molecule has 0 fully saturated rings. The zero-order valence-corrected chi connectivity index (χ0v) is 14.0. The second-order valence-corrected chi connectivity index (χ2v) is 7.20. The van der Waals surface area contributed by atoms with Crippen molar-refractivity contribution in [3.63, 3.8) is 0 Å². The summed E-state index contributed by atoms with van der Waals surface area (Å²) in [7, 11) is 0. The highest BCUT2D eigenvalue weighted by Gasteiger charge is 2.18. The van der Waals surface area contributed by atoms with Crippen molar-refractivity contribution in [2.24, 2.45) is 11.3 Å². The smallest absolute Gasteiger partial charge is 0.126 e. The van der Waals surface area contributed by atoms with Crippen LogP contribution < -0.4 is 5.32 Å². The van der Waals surface area contributed by atoms with E-state index < -0.39 is 0 Å². The molecule has 0 aliphatic rings. The third kappa shape index (κ3) is 6.56. The lowest BCUT2D eigenvalue weighted by Gasteiger charge is -2.25. The fourth-order valence-electron chi connectivity index (χ4n) is 2.29. The lowest BCUT2D eigenvalue weighted by molar-refractivity contribution is 0.298. The van der Waals surface area contributed by atoms with E-state index in [1.807, 2.05) is 0 Å². The van der Waals surface area contributed by atoms with Gasteiger partial charge in [-0.15, -0.1) is 0 Å². The molecule has 0 aromatic heterocycles. The molecule has 0 heterocycles. The molecule has 0 aliphatic carbocycles. The van der Waals surface area contributed by atoms with Gasteiger partial charge in [0.05, 0.1) is 0 Å². The van der Waals surface area contributed by atoms with Crippen LogP contribution in [0, 0.1) is 29.9 Å². The highest BCUT2D eigenvalue weighted by Crippen LogP contribution is 2.27. The minimum absolute atomic E-state index is 0.123. The third-order valence-electron chi connectivity index (χ3n) is 3.93. The average Bonchev–Trinajstić information content (AvgIpc) is 2.37. The van der Waals surface area contributed by atoms with E-state index in [0.29, 0.717) is 23.5 Å². The van der Waals surface area contributed by atoms with Gasteiger partial charge in [0.2, 0.25) is 0 Å². The second kappa shape index (κ2) is 7.88. The largest absolute Gasteiger partial charge is 0.316 e. The molecule has 0 bridgehead atoms. The topological polar surface area (TPSA) is 12.0 Å². The summed E-state index contributed by atoms with van der Waals surface area (Å²) in [5.74, 6) is 0.0446. The van der Waals surface area contributed by atoms with E-state index in [1.54, 1.807) is 6.92 Å². The SMILES string of the molecule is Cc1cc(F)c(CCC(C)(C)CCNCC(C)C)cc1F. The molecule has 0 aliphatic heterocycles. The van der Waals surface area contributed by atoms with Crippen molar-refractivity contribution in [2.75, 3.05) is 13.1 Å². The molecule has 1 aromatic rings. The number of nitrogens with one attached hydrogen (secondary N) is 1. The summed E-state index contributed by atoms with van der Waals surface area (Å²) in [5.41, 5.74) is 0.979. The highest BCUT2D eigenvalue weighted by molar-refractivity contribution is 5.25. The number of hydrogen-bond donors (Lipinski definition) is 1. The maximum Gasteiger partial charge on any atom is 0.126 e. The van der Waals surface area contributed by atoms with Crippen molar-refractivity contribution in [2.45, 2.75) is 53.9 Å². The van der Waals surface area contributed by atoms with Gasteiger partial charge in [0.15, 0.2) is 0 Å². The van der Waals surface area contributed by atoms with E-state index in [2.05, 4.69) is 33.0 Å². The Balaban J connectivity index is 2.47. The summed E-state index contributed by atoms with van der Waals surface area (Å²) < 4.78 is 27.3. The molecule has 0 saturated heterocycles. The maximum absolute atomic E-state index is 13.8. The number of hydrogen-bond acceptors (Lipinski definition) is 1. The van der Waals surface area contributed by atoms with Crippen LogP contribution in [0.2, 0.25) is 0 Å². The summed E-state index contributed by atoms with van der Waals surface area (Å²) in [4.78, 5) is 0. The highest BCUT2D eigenvalue weighted by atomic mass is 19.1. The van der Waals surface area contributed by atoms with Crippen molar-refractivity contribution in [1.29, 1.82) is 0 Å². The predicted octanol–water partition coefficient (Wildman–Crippen LogP) is 4.87. The van der Waals surface area contributed by atoms with E-state index >= 15 is 0 Å². The molecular formula is C18H29F2N. The van der Waals surface area contributed by atoms with Crippen LogP contribution in [-0.2, 0) is 6.42 Å². The maximum atomic E-state index is 13.8. The number of benzene rings is 1. The van der Waals surface area contributed by atoms with E-state index in [9.17, 15) is 8.78 Å². The lowest BCUT2D eigenvalue weighted by atomic mass is 9.83. The van der Waals surface area contributed by atoms with E-state index in [0.717, 1.165) is 25.9 Å². The molecular weight excluding hydrogens is 268 g/mol. The molecule has 1 rings (SSSR count). The molecule has 0 radical (unpaired) electrons. The Morgan fingerprint density at radius 3 is 2.38 bits per heavy atom. The van der Waals surface area contributed by atoms with E-state index in [-0.39, 0.29) is 17.0 Å². The minimum Gasteiger partial charge on any atom is -0.316 e. The Hall–Kier alpha value is -0.960. The monoisotopic (exact) mass is 297 g/mol. The molecule has 120 valence electrons. The Bertz CT molecular complexity index is 453. The zero-order chi connectivity index (χ0) is 16.0. The van der Waals surface area contributed by atoms with Gasteiger partial charge in [0, 0.05) is 0 Å². The van der Waals surface area contributed by atoms with Crippen LogP contribution in [-0.4, -0.2) is 13.1 Å². The molecule has 0 saturated carbocycles. The number of halogens is 2. The van der Waals surface area contributed by atoms with Gasteiger partial charge in [0.25, 0.3) is 0 Å². The molecule has 0 atom stereocenters. The molecule has 1 N–H and O–H groups in total. The molecule has 0 amide bonds. The summed E-state index contributed by atoms with van der Waals surface area (Å²) in [6.07, 6.45) is 2.48. The normalized spacial score (nSPS) is 12.2. The van der Waals surface area contributed by atoms with Crippen LogP contribution in [0.4, 0.5) is 8.78 Å². The molecule has 0 spiro atoms. The zero-order valence-electron chi connectivity index (χ0n) is 14.0. The quantitative estimate of drug-likeness (QED) is 0.675. The Morgan fingerprint density at radius 1 is 1.10 bits per heavy atom. The van der Waals surface area contributed by atoms with Crippen LogP contribution >= 0.6 is 0 Å². The Kier molecular flexibility index (Phi) is 6.79. The Labute approximate surface area is 128 Å². The minimum atomic E-state index is -0.317. The van der Waals surface area contributed by atoms with Crippen molar-refractivity contribution in [1.82, 2.24) is 5.32 Å². The van der Waals surface area contributed by atoms with Crippen LogP contribution in [0.3, 0.4) is 0 Å². The molecule has 1 aromatic carbocycles. The van der Waals surface area contributed by atoms with Gasteiger partial charge in [-0.05, 0) is 73.9 Å². The standard InChI is InChI=1S/C18H29F2N/c1-13(2)12-21-9-8-18(4,5)7-6-15-11-16(19)14(3)10-17(15)20/h10-11,13,21H,6-9,12H2,1-5H3. The number of rotatable bonds is 8. The molecule has 0 unspecified atom stereocenters. The summed E-state index contributed by atoms with van der Waals surface area (Å²) in [6.45, 7) is 12.3. The predicted molar refractivity (Wildman–Crippen MR) is 85.5 cm³/mol. The van der Waals surface area contributed by atoms with Crippen LogP contribution in [0.1, 0.15) is 51.7 Å². The van der Waals surface area contributed by atoms with Gasteiger partial charge in [0.1, 0.15) is 11.6 Å². The molecule has 3 heteroatoms. The molecule has 1 nitrogen and oxygen atoms in total. The van der Waals surface area contributed by atoms with E-state index in [1.165, 1.54) is 12.1 Å². The van der Waals surface area contributed by atoms with Gasteiger partial charge in [-0.25, -0.2) is 8.78 Å². The van der Waals surface area contributed by atoms with Crippen molar-refractivity contribution >= 4 is 0 Å². The average molecular weight is 297 g/mol. The summed E-state index contributed by atoms with van der Waals surface area (Å²) in [5, 5.41) is 3.43. The summed E-state index contributed by atoms with van der Waals surface area (Å²) in [6, 6.07) is 2.64. The van der Waals surface area contributed by atoms with Crippen LogP contribution in [0.25, 0.3) is 0 Å². The van der Waals surface area contributed by atoms with E-state index in [4.69, 9.17) is 0 Å². The second-order valence-electron chi connectivity index (χ2n) is 7.20. The van der Waals surface area contributed by atoms with Gasteiger partial charge in [-0.2, -0.15) is 0 Å². The van der Waals surface area contributed by atoms with Gasteiger partial charge in [-0.3, -0.25) is 0 Å². The molecule has 21 heavy (non-hydrogen) atoms. The first-order valence-electron chi connectivity index (χ1n) is 7.86. The first-order chi connectivity index (χ1) is 9.71. The van der Waals surface area contributed by atoms with Crippen molar-refractivity contribution in [3.05, 3.63) is 34.9 Å². The number of aryl methyl sites for hydroxylation is 2. The summed E-state index contributed by atoms with van der Waals surface area (Å²) >= 11 is 0. The van der Waals surface area contributed by atoms with Crippen LogP contribution in [0.15, 0.2) is 12.1 Å². The van der Waals surface area contributed by atoms with Gasteiger partial charge < -0.3 is 5.32 Å². The Morgan fingerprint density at radius 2 is 1.76 bits per heavy atom.